The highest BCUT2D eigenvalue weighted by Gasteiger charge is 2.22. The molecule has 2 rings (SSSR count). The van der Waals surface area contributed by atoms with Crippen molar-refractivity contribution in [1.82, 2.24) is 0 Å². The van der Waals surface area contributed by atoms with Crippen LogP contribution in [0, 0.1) is 5.82 Å². The van der Waals surface area contributed by atoms with E-state index in [1.165, 1.54) is 30.6 Å². The first kappa shape index (κ1) is 12.6. The summed E-state index contributed by atoms with van der Waals surface area (Å²) in [5.74, 6) is -0.687. The molecule has 94 valence electrons. The number of halogens is 1. The molecule has 0 saturated carbocycles. The number of hydrogen-bond acceptors (Lipinski definition) is 4. The number of hydrogen-bond donors (Lipinski definition) is 1. The van der Waals surface area contributed by atoms with Gasteiger partial charge in [0.25, 0.3) is 0 Å². The van der Waals surface area contributed by atoms with E-state index in [1.54, 1.807) is 12.1 Å². The van der Waals surface area contributed by atoms with Crippen molar-refractivity contribution in [3.05, 3.63) is 52.5 Å². The zero-order chi connectivity index (χ0) is 13.0. The predicted molar refractivity (Wildman–Crippen MR) is 69.1 cm³/mol. The van der Waals surface area contributed by atoms with Crippen molar-refractivity contribution in [2.24, 2.45) is 0 Å². The summed E-state index contributed by atoms with van der Waals surface area (Å²) >= 11 is 1.46. The minimum Gasteiger partial charge on any atom is -0.467 e. The lowest BCUT2D eigenvalue weighted by Gasteiger charge is -2.16. The lowest BCUT2D eigenvalue weighted by atomic mass is 10.2. The topological polar surface area (TPSA) is 38.3 Å². The highest BCUT2D eigenvalue weighted by molar-refractivity contribution is 7.10. The summed E-state index contributed by atoms with van der Waals surface area (Å²) in [7, 11) is 1.34. The monoisotopic (exact) mass is 265 g/mol. The molecule has 5 heteroatoms. The number of ether oxygens (including phenoxy) is 1. The van der Waals surface area contributed by atoms with Crippen LogP contribution in [-0.4, -0.2) is 13.1 Å². The molecule has 2 aromatic rings. The molecule has 0 aliphatic heterocycles. The van der Waals surface area contributed by atoms with Crippen LogP contribution in [0.3, 0.4) is 0 Å². The van der Waals surface area contributed by atoms with Crippen molar-refractivity contribution >= 4 is 23.0 Å². The molecular formula is C13H12FNO2S. The summed E-state index contributed by atoms with van der Waals surface area (Å²) in [5.41, 5.74) is 0.667. The van der Waals surface area contributed by atoms with E-state index >= 15 is 0 Å². The zero-order valence-electron chi connectivity index (χ0n) is 9.72. The summed E-state index contributed by atoms with van der Waals surface area (Å²) in [6.07, 6.45) is 0. The summed E-state index contributed by atoms with van der Waals surface area (Å²) < 4.78 is 17.6. The Morgan fingerprint density at radius 3 is 2.61 bits per heavy atom. The smallest absolute Gasteiger partial charge is 0.333 e. The third-order valence-corrected chi connectivity index (χ3v) is 3.36. The summed E-state index contributed by atoms with van der Waals surface area (Å²) in [4.78, 5) is 12.6. The van der Waals surface area contributed by atoms with Gasteiger partial charge < -0.3 is 10.1 Å². The van der Waals surface area contributed by atoms with Gasteiger partial charge in [-0.3, -0.25) is 0 Å². The molecule has 1 aromatic carbocycles. The van der Waals surface area contributed by atoms with Gasteiger partial charge in [0.1, 0.15) is 5.82 Å². The molecule has 1 unspecified atom stereocenters. The highest BCUT2D eigenvalue weighted by atomic mass is 32.1. The molecule has 0 radical (unpaired) electrons. The highest BCUT2D eigenvalue weighted by Crippen LogP contribution is 2.24. The summed E-state index contributed by atoms with van der Waals surface area (Å²) in [6, 6.07) is 8.99. The van der Waals surface area contributed by atoms with Crippen LogP contribution < -0.4 is 5.32 Å². The van der Waals surface area contributed by atoms with E-state index in [0.717, 1.165) is 4.88 Å². The Bertz CT molecular complexity index is 510. The molecule has 0 spiro atoms. The standard InChI is InChI=1S/C13H12FNO2S/c1-17-13(16)12(11-3-2-8-18-11)15-10-6-4-9(14)5-7-10/h2-8,12,15H,1H3. The van der Waals surface area contributed by atoms with Gasteiger partial charge in [-0.25, -0.2) is 9.18 Å². The number of thiophene rings is 1. The molecule has 1 atom stereocenters. The number of carbonyl (C=O) groups excluding carboxylic acids is 1. The van der Waals surface area contributed by atoms with Crippen molar-refractivity contribution in [2.75, 3.05) is 12.4 Å². The third kappa shape index (κ3) is 2.87. The third-order valence-electron chi connectivity index (χ3n) is 2.42. The number of carbonyl (C=O) groups is 1. The molecule has 0 amide bonds. The molecule has 18 heavy (non-hydrogen) atoms. The molecule has 0 fully saturated rings. The first-order chi connectivity index (χ1) is 8.70. The number of nitrogens with one attached hydrogen (secondary N) is 1. The first-order valence-corrected chi connectivity index (χ1v) is 6.22. The second-order valence-electron chi connectivity index (χ2n) is 3.62. The number of benzene rings is 1. The van der Waals surface area contributed by atoms with E-state index in [-0.39, 0.29) is 11.8 Å². The molecule has 0 aliphatic rings. The minimum absolute atomic E-state index is 0.314. The Morgan fingerprint density at radius 1 is 1.33 bits per heavy atom. The fourth-order valence-corrected chi connectivity index (χ4v) is 2.30. The van der Waals surface area contributed by atoms with Gasteiger partial charge in [-0.15, -0.1) is 11.3 Å². The predicted octanol–water partition coefficient (Wildman–Crippen LogP) is 3.21. The zero-order valence-corrected chi connectivity index (χ0v) is 10.5. The maximum Gasteiger partial charge on any atom is 0.333 e. The Kier molecular flexibility index (Phi) is 3.94. The summed E-state index contributed by atoms with van der Waals surface area (Å²) in [6.45, 7) is 0. The molecule has 1 heterocycles. The SMILES string of the molecule is COC(=O)C(Nc1ccc(F)cc1)c1cccs1. The van der Waals surface area contributed by atoms with Gasteiger partial charge in [-0.05, 0) is 35.7 Å². The van der Waals surface area contributed by atoms with Crippen molar-refractivity contribution < 1.29 is 13.9 Å². The van der Waals surface area contributed by atoms with Crippen molar-refractivity contribution in [2.45, 2.75) is 6.04 Å². The molecule has 0 bridgehead atoms. The maximum atomic E-state index is 12.8. The number of esters is 1. The molecule has 1 N–H and O–H groups in total. The molecule has 0 saturated heterocycles. The van der Waals surface area contributed by atoms with Gasteiger partial charge in [-0.2, -0.15) is 0 Å². The average Bonchev–Trinajstić information content (AvgIpc) is 2.91. The van der Waals surface area contributed by atoms with Gasteiger partial charge in [0.15, 0.2) is 6.04 Å². The molecular weight excluding hydrogens is 253 g/mol. The van der Waals surface area contributed by atoms with Crippen LogP contribution in [0.2, 0.25) is 0 Å². The molecule has 0 aliphatic carbocycles. The summed E-state index contributed by atoms with van der Waals surface area (Å²) in [5, 5.41) is 4.92. The van der Waals surface area contributed by atoms with Crippen LogP contribution in [0.4, 0.5) is 10.1 Å². The fraction of sp³-hybridized carbons (Fsp3) is 0.154. The largest absolute Gasteiger partial charge is 0.467 e. The fourth-order valence-electron chi connectivity index (χ4n) is 1.53. The second-order valence-corrected chi connectivity index (χ2v) is 4.60. The van der Waals surface area contributed by atoms with Gasteiger partial charge >= 0.3 is 5.97 Å². The van der Waals surface area contributed by atoms with E-state index in [0.29, 0.717) is 5.69 Å². The normalized spacial score (nSPS) is 11.9. The quantitative estimate of drug-likeness (QED) is 0.863. The van der Waals surface area contributed by atoms with Crippen molar-refractivity contribution in [3.63, 3.8) is 0 Å². The lowest BCUT2D eigenvalue weighted by molar-refractivity contribution is -0.141. The maximum absolute atomic E-state index is 12.8. The van der Waals surface area contributed by atoms with E-state index < -0.39 is 6.04 Å². The molecule has 1 aromatic heterocycles. The van der Waals surface area contributed by atoms with Crippen molar-refractivity contribution in [3.8, 4) is 0 Å². The van der Waals surface area contributed by atoms with E-state index in [2.05, 4.69) is 5.32 Å². The number of rotatable bonds is 4. The number of methoxy groups -OCH3 is 1. The van der Waals surface area contributed by atoms with E-state index in [4.69, 9.17) is 4.74 Å². The van der Waals surface area contributed by atoms with Gasteiger partial charge in [0.05, 0.1) is 7.11 Å². The Balaban J connectivity index is 2.20. The van der Waals surface area contributed by atoms with E-state index in [9.17, 15) is 9.18 Å². The van der Waals surface area contributed by atoms with Gasteiger partial charge in [-0.1, -0.05) is 6.07 Å². The van der Waals surface area contributed by atoms with Crippen LogP contribution in [0.25, 0.3) is 0 Å². The Labute approximate surface area is 108 Å². The second kappa shape index (κ2) is 5.64. The Morgan fingerprint density at radius 2 is 2.06 bits per heavy atom. The molecule has 3 nitrogen and oxygen atoms in total. The van der Waals surface area contributed by atoms with Gasteiger partial charge in [0.2, 0.25) is 0 Å². The van der Waals surface area contributed by atoms with Crippen LogP contribution in [0.5, 0.6) is 0 Å². The van der Waals surface area contributed by atoms with Crippen LogP contribution in [0.1, 0.15) is 10.9 Å². The van der Waals surface area contributed by atoms with Crippen LogP contribution in [-0.2, 0) is 9.53 Å². The van der Waals surface area contributed by atoms with Crippen LogP contribution >= 0.6 is 11.3 Å². The van der Waals surface area contributed by atoms with E-state index in [1.807, 2.05) is 17.5 Å². The number of anilines is 1. The lowest BCUT2D eigenvalue weighted by Crippen LogP contribution is -2.21. The Hall–Kier alpha value is -1.88. The minimum atomic E-state index is -0.569. The van der Waals surface area contributed by atoms with Gasteiger partial charge in [0, 0.05) is 10.6 Å². The average molecular weight is 265 g/mol. The van der Waals surface area contributed by atoms with Crippen LogP contribution in [0.15, 0.2) is 41.8 Å². The first-order valence-electron chi connectivity index (χ1n) is 5.34. The van der Waals surface area contributed by atoms with Crippen molar-refractivity contribution in [1.29, 1.82) is 0 Å².